The molecule has 1 aromatic rings. The van der Waals surface area contributed by atoms with Gasteiger partial charge in [0.25, 0.3) is 0 Å². The first kappa shape index (κ1) is 16.0. The molecule has 0 radical (unpaired) electrons. The molecule has 0 bridgehead atoms. The van der Waals surface area contributed by atoms with E-state index >= 15 is 0 Å². The molecule has 1 fully saturated rings. The maximum absolute atomic E-state index is 9.89. The molecular formula is C17H25N3O. The van der Waals surface area contributed by atoms with Crippen LogP contribution in [0.2, 0.25) is 0 Å². The zero-order valence-corrected chi connectivity index (χ0v) is 13.2. The van der Waals surface area contributed by atoms with Gasteiger partial charge in [-0.2, -0.15) is 5.26 Å². The van der Waals surface area contributed by atoms with Crippen LogP contribution in [0.5, 0.6) is 0 Å². The fourth-order valence-corrected chi connectivity index (χ4v) is 3.04. The van der Waals surface area contributed by atoms with Gasteiger partial charge in [-0.25, -0.2) is 0 Å². The lowest BCUT2D eigenvalue weighted by molar-refractivity contribution is 0.104. The highest BCUT2D eigenvalue weighted by atomic mass is 16.5. The quantitative estimate of drug-likeness (QED) is 0.870. The summed E-state index contributed by atoms with van der Waals surface area (Å²) in [7, 11) is 1.76. The lowest BCUT2D eigenvalue weighted by Gasteiger charge is -2.34. The molecule has 2 atom stereocenters. The Balaban J connectivity index is 2.22. The molecule has 0 aromatic heterocycles. The lowest BCUT2D eigenvalue weighted by Crippen LogP contribution is -2.52. The molecule has 2 rings (SSSR count). The van der Waals surface area contributed by atoms with Gasteiger partial charge in [0.1, 0.15) is 5.54 Å². The second-order valence-corrected chi connectivity index (χ2v) is 6.06. The standard InChI is InChI=1S/C17H25N3O/c1-14(2)19-17(12-18,15-7-5-4-6-8-15)13-20-10-9-16(11-20)21-3/h4-8,14,16,19H,9-11,13H2,1-3H3. The van der Waals surface area contributed by atoms with Crippen LogP contribution in [0.4, 0.5) is 0 Å². The van der Waals surface area contributed by atoms with E-state index in [2.05, 4.69) is 30.1 Å². The molecule has 1 heterocycles. The summed E-state index contributed by atoms with van der Waals surface area (Å²) in [6.07, 6.45) is 1.32. The number of likely N-dealkylation sites (tertiary alicyclic amines) is 1. The fourth-order valence-electron chi connectivity index (χ4n) is 3.04. The van der Waals surface area contributed by atoms with Crippen molar-refractivity contribution in [1.82, 2.24) is 10.2 Å². The monoisotopic (exact) mass is 287 g/mol. The van der Waals surface area contributed by atoms with Crippen LogP contribution in [-0.2, 0) is 10.3 Å². The van der Waals surface area contributed by atoms with E-state index in [1.165, 1.54) is 0 Å². The average molecular weight is 287 g/mol. The molecule has 4 heteroatoms. The number of hydrogen-bond donors (Lipinski definition) is 1. The van der Waals surface area contributed by atoms with E-state index in [-0.39, 0.29) is 12.1 Å². The van der Waals surface area contributed by atoms with E-state index in [0.29, 0.717) is 6.54 Å². The van der Waals surface area contributed by atoms with Gasteiger partial charge in [0.2, 0.25) is 0 Å². The summed E-state index contributed by atoms with van der Waals surface area (Å²) in [6.45, 7) is 6.72. The Bertz CT molecular complexity index is 483. The molecule has 0 saturated carbocycles. The molecule has 0 spiro atoms. The van der Waals surface area contributed by atoms with Crippen molar-refractivity contribution in [1.29, 1.82) is 5.26 Å². The van der Waals surface area contributed by atoms with Crippen LogP contribution in [0.1, 0.15) is 25.8 Å². The fraction of sp³-hybridized carbons (Fsp3) is 0.588. The van der Waals surface area contributed by atoms with Crippen molar-refractivity contribution >= 4 is 0 Å². The average Bonchev–Trinajstić information content (AvgIpc) is 2.94. The van der Waals surface area contributed by atoms with Crippen molar-refractivity contribution in [3.8, 4) is 6.07 Å². The Morgan fingerprint density at radius 1 is 1.43 bits per heavy atom. The predicted molar refractivity (Wildman–Crippen MR) is 83.9 cm³/mol. The molecule has 1 aromatic carbocycles. The van der Waals surface area contributed by atoms with Gasteiger partial charge in [-0.15, -0.1) is 0 Å². The molecule has 0 aliphatic carbocycles. The summed E-state index contributed by atoms with van der Waals surface area (Å²) in [4.78, 5) is 2.32. The topological polar surface area (TPSA) is 48.3 Å². The number of nitrogens with one attached hydrogen (secondary N) is 1. The van der Waals surface area contributed by atoms with Gasteiger partial charge in [-0.1, -0.05) is 30.3 Å². The molecule has 114 valence electrons. The zero-order valence-electron chi connectivity index (χ0n) is 13.2. The van der Waals surface area contributed by atoms with E-state index in [1.807, 2.05) is 30.3 Å². The molecule has 4 nitrogen and oxygen atoms in total. The minimum atomic E-state index is -0.669. The van der Waals surface area contributed by atoms with E-state index in [9.17, 15) is 5.26 Å². The maximum atomic E-state index is 9.89. The molecular weight excluding hydrogens is 262 g/mol. The molecule has 0 amide bonds. The van der Waals surface area contributed by atoms with Crippen molar-refractivity contribution in [3.63, 3.8) is 0 Å². The van der Waals surface area contributed by atoms with Crippen molar-refractivity contribution in [3.05, 3.63) is 35.9 Å². The van der Waals surface area contributed by atoms with Gasteiger partial charge in [0.05, 0.1) is 12.2 Å². The third kappa shape index (κ3) is 3.82. The van der Waals surface area contributed by atoms with Crippen molar-refractivity contribution in [2.75, 3.05) is 26.7 Å². The van der Waals surface area contributed by atoms with E-state index in [0.717, 1.165) is 25.1 Å². The summed E-state index contributed by atoms with van der Waals surface area (Å²) in [5.74, 6) is 0. The number of nitrogens with zero attached hydrogens (tertiary/aromatic N) is 2. The Morgan fingerprint density at radius 2 is 2.14 bits per heavy atom. The van der Waals surface area contributed by atoms with E-state index < -0.39 is 5.54 Å². The minimum Gasteiger partial charge on any atom is -0.380 e. The number of ether oxygens (including phenoxy) is 1. The van der Waals surface area contributed by atoms with Gasteiger partial charge >= 0.3 is 0 Å². The first-order chi connectivity index (χ1) is 10.1. The van der Waals surface area contributed by atoms with Crippen LogP contribution < -0.4 is 5.32 Å². The second-order valence-electron chi connectivity index (χ2n) is 6.06. The Morgan fingerprint density at radius 3 is 2.67 bits per heavy atom. The molecule has 1 N–H and O–H groups in total. The summed E-state index contributed by atoms with van der Waals surface area (Å²) < 4.78 is 5.43. The van der Waals surface area contributed by atoms with Gasteiger partial charge in [-0.05, 0) is 25.8 Å². The highest BCUT2D eigenvalue weighted by Gasteiger charge is 2.37. The van der Waals surface area contributed by atoms with Gasteiger partial charge in [0.15, 0.2) is 0 Å². The van der Waals surface area contributed by atoms with E-state index in [4.69, 9.17) is 4.74 Å². The van der Waals surface area contributed by atoms with Gasteiger partial charge in [-0.3, -0.25) is 10.2 Å². The Labute approximate surface area is 127 Å². The van der Waals surface area contributed by atoms with Gasteiger partial charge < -0.3 is 4.74 Å². The molecule has 1 aliphatic rings. The van der Waals surface area contributed by atoms with Crippen molar-refractivity contribution in [2.24, 2.45) is 0 Å². The summed E-state index contributed by atoms with van der Waals surface area (Å²) in [5, 5.41) is 13.4. The SMILES string of the molecule is COC1CCN(CC(C#N)(NC(C)C)c2ccccc2)C1. The first-order valence-electron chi connectivity index (χ1n) is 7.59. The van der Waals surface area contributed by atoms with Crippen LogP contribution in [0.3, 0.4) is 0 Å². The highest BCUT2D eigenvalue weighted by molar-refractivity contribution is 5.32. The maximum Gasteiger partial charge on any atom is 0.145 e. The minimum absolute atomic E-state index is 0.241. The number of methoxy groups -OCH3 is 1. The zero-order chi connectivity index (χ0) is 15.3. The number of hydrogen-bond acceptors (Lipinski definition) is 4. The smallest absolute Gasteiger partial charge is 0.145 e. The van der Waals surface area contributed by atoms with Crippen molar-refractivity contribution < 1.29 is 4.74 Å². The Kier molecular flexibility index (Phi) is 5.35. The normalized spacial score (nSPS) is 22.1. The largest absolute Gasteiger partial charge is 0.380 e. The summed E-state index contributed by atoms with van der Waals surface area (Å²) >= 11 is 0. The summed E-state index contributed by atoms with van der Waals surface area (Å²) in [6, 6.07) is 12.8. The van der Waals surface area contributed by atoms with Crippen LogP contribution in [0, 0.1) is 11.3 Å². The van der Waals surface area contributed by atoms with E-state index in [1.54, 1.807) is 7.11 Å². The van der Waals surface area contributed by atoms with Crippen LogP contribution >= 0.6 is 0 Å². The Hall–Kier alpha value is -1.41. The van der Waals surface area contributed by atoms with Crippen LogP contribution in [-0.4, -0.2) is 43.8 Å². The highest BCUT2D eigenvalue weighted by Crippen LogP contribution is 2.25. The number of nitriles is 1. The summed E-state index contributed by atoms with van der Waals surface area (Å²) in [5.41, 5.74) is 0.361. The molecule has 21 heavy (non-hydrogen) atoms. The first-order valence-corrected chi connectivity index (χ1v) is 7.59. The van der Waals surface area contributed by atoms with Gasteiger partial charge in [0, 0.05) is 32.8 Å². The molecule has 1 aliphatic heterocycles. The second kappa shape index (κ2) is 7.04. The third-order valence-electron chi connectivity index (χ3n) is 4.02. The third-order valence-corrected chi connectivity index (χ3v) is 4.02. The molecule has 1 saturated heterocycles. The number of rotatable bonds is 6. The number of benzene rings is 1. The molecule has 2 unspecified atom stereocenters. The van der Waals surface area contributed by atoms with Crippen LogP contribution in [0.15, 0.2) is 30.3 Å². The van der Waals surface area contributed by atoms with Crippen LogP contribution in [0.25, 0.3) is 0 Å². The van der Waals surface area contributed by atoms with Crippen molar-refractivity contribution in [2.45, 2.75) is 38.0 Å². The lowest BCUT2D eigenvalue weighted by atomic mass is 9.90. The predicted octanol–water partition coefficient (Wildman–Crippen LogP) is 2.12.